The zero-order valence-corrected chi connectivity index (χ0v) is 12.6. The van der Waals surface area contributed by atoms with Gasteiger partial charge < -0.3 is 14.4 Å². The lowest BCUT2D eigenvalue weighted by Gasteiger charge is -2.23. The van der Waals surface area contributed by atoms with E-state index in [1.54, 1.807) is 12.1 Å². The van der Waals surface area contributed by atoms with E-state index in [-0.39, 0.29) is 11.5 Å². The van der Waals surface area contributed by atoms with Crippen molar-refractivity contribution in [3.8, 4) is 0 Å². The van der Waals surface area contributed by atoms with Crippen LogP contribution in [0.4, 0.5) is 0 Å². The van der Waals surface area contributed by atoms with Gasteiger partial charge in [-0.3, -0.25) is 0 Å². The number of carboxylic acid groups (broad SMARTS) is 1. The van der Waals surface area contributed by atoms with E-state index in [1.165, 1.54) is 0 Å². The number of aromatic carboxylic acids is 1. The summed E-state index contributed by atoms with van der Waals surface area (Å²) in [5.41, 5.74) is 1.61. The first-order chi connectivity index (χ1) is 9.89. The first-order valence-electron chi connectivity index (χ1n) is 7.22. The standard InChI is InChI=1S/C16H20N2O3/c1-16(2,3)15-17-12-6-4-5-11(14(19)20)13(12)18(15)10-7-8-21-9-10/h4-6,10H,7-9H2,1-3H3,(H,19,20). The lowest BCUT2D eigenvalue weighted by atomic mass is 9.95. The Morgan fingerprint density at radius 3 is 2.76 bits per heavy atom. The molecule has 0 aliphatic carbocycles. The Balaban J connectivity index is 2.34. The molecule has 0 spiro atoms. The minimum absolute atomic E-state index is 0.155. The molecular weight excluding hydrogens is 268 g/mol. The normalized spacial score (nSPS) is 19.3. The maximum absolute atomic E-state index is 11.6. The Morgan fingerprint density at radius 1 is 1.43 bits per heavy atom. The number of carbonyl (C=O) groups is 1. The number of rotatable bonds is 2. The van der Waals surface area contributed by atoms with Crippen LogP contribution in [0.3, 0.4) is 0 Å². The fourth-order valence-electron chi connectivity index (χ4n) is 2.93. The van der Waals surface area contributed by atoms with Crippen LogP contribution in [0.1, 0.15) is 49.4 Å². The lowest BCUT2D eigenvalue weighted by molar-refractivity contribution is 0.0698. The highest BCUT2D eigenvalue weighted by Gasteiger charge is 2.30. The van der Waals surface area contributed by atoms with E-state index in [9.17, 15) is 9.90 Å². The van der Waals surface area contributed by atoms with Crippen LogP contribution < -0.4 is 0 Å². The van der Waals surface area contributed by atoms with Gasteiger partial charge in [0.05, 0.1) is 29.2 Å². The summed E-state index contributed by atoms with van der Waals surface area (Å²) in [6.45, 7) is 7.62. The van der Waals surface area contributed by atoms with Crippen LogP contribution >= 0.6 is 0 Å². The van der Waals surface area contributed by atoms with Crippen molar-refractivity contribution >= 4 is 17.0 Å². The van der Waals surface area contributed by atoms with E-state index in [1.807, 2.05) is 6.07 Å². The summed E-state index contributed by atoms with van der Waals surface area (Å²) < 4.78 is 7.59. The molecule has 21 heavy (non-hydrogen) atoms. The van der Waals surface area contributed by atoms with Gasteiger partial charge in [0, 0.05) is 12.0 Å². The maximum Gasteiger partial charge on any atom is 0.337 e. The molecule has 0 saturated carbocycles. The molecule has 1 fully saturated rings. The van der Waals surface area contributed by atoms with Gasteiger partial charge in [-0.25, -0.2) is 9.78 Å². The molecule has 1 aromatic heterocycles. The first-order valence-corrected chi connectivity index (χ1v) is 7.22. The van der Waals surface area contributed by atoms with E-state index in [2.05, 4.69) is 25.3 Å². The van der Waals surface area contributed by atoms with Crippen molar-refractivity contribution in [1.82, 2.24) is 9.55 Å². The number of imidazole rings is 1. The Morgan fingerprint density at radius 2 is 2.19 bits per heavy atom. The lowest BCUT2D eigenvalue weighted by Crippen LogP contribution is -2.23. The molecule has 1 saturated heterocycles. The fraction of sp³-hybridized carbons (Fsp3) is 0.500. The summed E-state index contributed by atoms with van der Waals surface area (Å²) in [5.74, 6) is 0.00262. The van der Waals surface area contributed by atoms with Gasteiger partial charge in [-0.1, -0.05) is 26.8 Å². The molecule has 0 bridgehead atoms. The average Bonchev–Trinajstić information content (AvgIpc) is 3.03. The second kappa shape index (κ2) is 4.84. The van der Waals surface area contributed by atoms with E-state index in [4.69, 9.17) is 9.72 Å². The topological polar surface area (TPSA) is 64.3 Å². The molecule has 1 N–H and O–H groups in total. The molecule has 1 atom stereocenters. The van der Waals surface area contributed by atoms with Gasteiger partial charge >= 0.3 is 5.97 Å². The molecule has 2 aromatic rings. The second-order valence-electron chi connectivity index (χ2n) is 6.55. The number of carboxylic acids is 1. The summed E-state index contributed by atoms with van der Waals surface area (Å²) in [4.78, 5) is 16.3. The van der Waals surface area contributed by atoms with Crippen LogP contribution in [0.5, 0.6) is 0 Å². The van der Waals surface area contributed by atoms with Crippen LogP contribution in [-0.2, 0) is 10.2 Å². The summed E-state index contributed by atoms with van der Waals surface area (Å²) in [7, 11) is 0. The number of para-hydroxylation sites is 1. The highest BCUT2D eigenvalue weighted by molar-refractivity contribution is 6.01. The second-order valence-corrected chi connectivity index (χ2v) is 6.55. The van der Waals surface area contributed by atoms with Gasteiger partial charge in [-0.2, -0.15) is 0 Å². The molecule has 1 aliphatic rings. The van der Waals surface area contributed by atoms with Crippen LogP contribution in [0, 0.1) is 0 Å². The van der Waals surface area contributed by atoms with Crippen molar-refractivity contribution in [2.24, 2.45) is 0 Å². The molecule has 2 heterocycles. The van der Waals surface area contributed by atoms with Crippen LogP contribution in [0.25, 0.3) is 11.0 Å². The largest absolute Gasteiger partial charge is 0.478 e. The van der Waals surface area contributed by atoms with Crippen molar-refractivity contribution in [3.05, 3.63) is 29.6 Å². The van der Waals surface area contributed by atoms with Crippen molar-refractivity contribution in [2.75, 3.05) is 13.2 Å². The number of fused-ring (bicyclic) bond motifs is 1. The third-order valence-electron chi connectivity index (χ3n) is 3.88. The van der Waals surface area contributed by atoms with Crippen molar-refractivity contribution in [3.63, 3.8) is 0 Å². The number of hydrogen-bond donors (Lipinski definition) is 1. The molecule has 112 valence electrons. The smallest absolute Gasteiger partial charge is 0.337 e. The predicted molar refractivity (Wildman–Crippen MR) is 79.9 cm³/mol. The molecular formula is C16H20N2O3. The Hall–Kier alpha value is -1.88. The molecule has 1 aromatic carbocycles. The van der Waals surface area contributed by atoms with E-state index in [0.717, 1.165) is 17.8 Å². The van der Waals surface area contributed by atoms with E-state index < -0.39 is 5.97 Å². The van der Waals surface area contributed by atoms with Gasteiger partial charge in [0.2, 0.25) is 0 Å². The van der Waals surface area contributed by atoms with E-state index >= 15 is 0 Å². The third-order valence-corrected chi connectivity index (χ3v) is 3.88. The number of aromatic nitrogens is 2. The maximum atomic E-state index is 11.6. The van der Waals surface area contributed by atoms with Crippen molar-refractivity contribution in [1.29, 1.82) is 0 Å². The van der Waals surface area contributed by atoms with Gasteiger partial charge in [0.25, 0.3) is 0 Å². The molecule has 0 amide bonds. The quantitative estimate of drug-likeness (QED) is 0.922. The molecule has 5 nitrogen and oxygen atoms in total. The minimum Gasteiger partial charge on any atom is -0.478 e. The molecule has 5 heteroatoms. The first kappa shape index (κ1) is 14.1. The van der Waals surface area contributed by atoms with Crippen LogP contribution in [0.15, 0.2) is 18.2 Å². The fourth-order valence-corrected chi connectivity index (χ4v) is 2.93. The van der Waals surface area contributed by atoms with Crippen molar-refractivity contribution in [2.45, 2.75) is 38.6 Å². The van der Waals surface area contributed by atoms with E-state index in [0.29, 0.717) is 24.3 Å². The molecule has 1 aliphatic heterocycles. The number of benzene rings is 1. The van der Waals surface area contributed by atoms with Crippen LogP contribution in [-0.4, -0.2) is 33.8 Å². The zero-order valence-electron chi connectivity index (χ0n) is 12.6. The average molecular weight is 288 g/mol. The number of nitrogens with zero attached hydrogens (tertiary/aromatic N) is 2. The predicted octanol–water partition coefficient (Wildman–Crippen LogP) is 2.99. The Bertz CT molecular complexity index is 691. The van der Waals surface area contributed by atoms with Gasteiger partial charge in [0.15, 0.2) is 0 Å². The van der Waals surface area contributed by atoms with Crippen LogP contribution in [0.2, 0.25) is 0 Å². The molecule has 3 rings (SSSR count). The zero-order chi connectivity index (χ0) is 15.2. The molecule has 1 unspecified atom stereocenters. The summed E-state index contributed by atoms with van der Waals surface area (Å²) >= 11 is 0. The summed E-state index contributed by atoms with van der Waals surface area (Å²) in [5, 5.41) is 9.49. The number of hydrogen-bond acceptors (Lipinski definition) is 3. The van der Waals surface area contributed by atoms with Gasteiger partial charge in [-0.15, -0.1) is 0 Å². The SMILES string of the molecule is CC(C)(C)c1nc2cccc(C(=O)O)c2n1C1CCOC1. The van der Waals surface area contributed by atoms with Crippen molar-refractivity contribution < 1.29 is 14.6 Å². The highest BCUT2D eigenvalue weighted by atomic mass is 16.5. The summed E-state index contributed by atoms with van der Waals surface area (Å²) in [6.07, 6.45) is 0.891. The Kier molecular flexibility index (Phi) is 3.24. The minimum atomic E-state index is -0.916. The van der Waals surface area contributed by atoms with Gasteiger partial charge in [0.1, 0.15) is 5.82 Å². The highest BCUT2D eigenvalue weighted by Crippen LogP contribution is 2.34. The third kappa shape index (κ3) is 2.31. The monoisotopic (exact) mass is 288 g/mol. The number of ether oxygens (including phenoxy) is 1. The molecule has 0 radical (unpaired) electrons. The summed E-state index contributed by atoms with van der Waals surface area (Å²) in [6, 6.07) is 5.43. The van der Waals surface area contributed by atoms with Gasteiger partial charge in [-0.05, 0) is 18.6 Å². The Labute approximate surface area is 123 Å².